The Kier molecular flexibility index (Phi) is 3.02. The number of nitrogens with two attached hydrogens (primary N) is 1. The van der Waals surface area contributed by atoms with Crippen molar-refractivity contribution in [2.75, 3.05) is 5.73 Å². The molecule has 0 unspecified atom stereocenters. The first-order chi connectivity index (χ1) is 8.35. The topological polar surface area (TPSA) is 43.8 Å². The van der Waals surface area contributed by atoms with Crippen LogP contribution in [0.4, 0.5) is 19.0 Å². The molecule has 2 N–H and O–H groups in total. The van der Waals surface area contributed by atoms with Crippen molar-refractivity contribution in [3.05, 3.63) is 35.9 Å². The summed E-state index contributed by atoms with van der Waals surface area (Å²) < 4.78 is 38.1. The predicted molar refractivity (Wildman–Crippen MR) is 62.8 cm³/mol. The number of nitrogens with zero attached hydrogens (tertiary/aromatic N) is 2. The SMILES string of the molecule is Cn1nc(-c2ccc(CC(F)(F)F)cc2)cc1N. The van der Waals surface area contributed by atoms with Crippen LogP contribution in [0.2, 0.25) is 0 Å². The zero-order chi connectivity index (χ0) is 13.3. The Bertz CT molecular complexity index is 521. The van der Waals surface area contributed by atoms with Crippen LogP contribution >= 0.6 is 0 Å². The van der Waals surface area contributed by atoms with Gasteiger partial charge in [-0.1, -0.05) is 24.3 Å². The monoisotopic (exact) mass is 255 g/mol. The molecule has 0 aliphatic carbocycles. The van der Waals surface area contributed by atoms with Crippen LogP contribution in [0.5, 0.6) is 0 Å². The van der Waals surface area contributed by atoms with Crippen LogP contribution in [0.15, 0.2) is 30.3 Å². The molecule has 0 radical (unpaired) electrons. The molecule has 0 saturated heterocycles. The molecule has 0 aliphatic heterocycles. The van der Waals surface area contributed by atoms with E-state index in [0.29, 0.717) is 11.5 Å². The minimum absolute atomic E-state index is 0.232. The van der Waals surface area contributed by atoms with E-state index in [0.717, 1.165) is 5.56 Å². The normalized spacial score (nSPS) is 11.8. The van der Waals surface area contributed by atoms with Crippen molar-refractivity contribution in [2.45, 2.75) is 12.6 Å². The van der Waals surface area contributed by atoms with E-state index in [2.05, 4.69) is 5.10 Å². The molecule has 0 aliphatic rings. The van der Waals surface area contributed by atoms with E-state index in [1.54, 1.807) is 25.2 Å². The molecule has 2 aromatic rings. The van der Waals surface area contributed by atoms with Crippen molar-refractivity contribution < 1.29 is 13.2 Å². The zero-order valence-electron chi connectivity index (χ0n) is 9.70. The lowest BCUT2D eigenvalue weighted by Gasteiger charge is -2.06. The summed E-state index contributed by atoms with van der Waals surface area (Å²) in [5.74, 6) is 0.504. The van der Waals surface area contributed by atoms with Crippen molar-refractivity contribution in [1.29, 1.82) is 0 Å². The highest BCUT2D eigenvalue weighted by Crippen LogP contribution is 2.24. The van der Waals surface area contributed by atoms with Gasteiger partial charge in [0.1, 0.15) is 5.82 Å². The Morgan fingerprint density at radius 1 is 1.22 bits per heavy atom. The second-order valence-corrected chi connectivity index (χ2v) is 4.07. The number of hydrogen-bond donors (Lipinski definition) is 1. The molecule has 18 heavy (non-hydrogen) atoms. The molecule has 0 spiro atoms. The van der Waals surface area contributed by atoms with Crippen molar-refractivity contribution in [3.63, 3.8) is 0 Å². The van der Waals surface area contributed by atoms with E-state index < -0.39 is 12.6 Å². The maximum absolute atomic E-state index is 12.2. The Morgan fingerprint density at radius 3 is 2.28 bits per heavy atom. The van der Waals surface area contributed by atoms with Gasteiger partial charge in [-0.15, -0.1) is 0 Å². The maximum Gasteiger partial charge on any atom is 0.393 e. The lowest BCUT2D eigenvalue weighted by Crippen LogP contribution is -2.11. The summed E-state index contributed by atoms with van der Waals surface area (Å²) in [4.78, 5) is 0. The molecule has 1 heterocycles. The molecular weight excluding hydrogens is 243 g/mol. The third kappa shape index (κ3) is 2.82. The number of aromatic nitrogens is 2. The Morgan fingerprint density at radius 2 is 1.83 bits per heavy atom. The number of benzene rings is 1. The van der Waals surface area contributed by atoms with Gasteiger partial charge in [0.25, 0.3) is 0 Å². The molecule has 2 rings (SSSR count). The van der Waals surface area contributed by atoms with Crippen molar-refractivity contribution in [3.8, 4) is 11.3 Å². The Balaban J connectivity index is 2.22. The fraction of sp³-hybridized carbons (Fsp3) is 0.250. The summed E-state index contributed by atoms with van der Waals surface area (Å²) in [5.41, 5.74) is 7.27. The van der Waals surface area contributed by atoms with Crippen molar-refractivity contribution in [2.24, 2.45) is 7.05 Å². The quantitative estimate of drug-likeness (QED) is 0.896. The molecule has 96 valence electrons. The van der Waals surface area contributed by atoms with Crippen LogP contribution in [0.3, 0.4) is 0 Å². The van der Waals surface area contributed by atoms with Crippen molar-refractivity contribution in [1.82, 2.24) is 9.78 Å². The number of hydrogen-bond acceptors (Lipinski definition) is 2. The van der Waals surface area contributed by atoms with E-state index in [1.165, 1.54) is 16.8 Å². The number of alkyl halides is 3. The Hall–Kier alpha value is -1.98. The molecule has 6 heteroatoms. The van der Waals surface area contributed by atoms with Gasteiger partial charge in [0.15, 0.2) is 0 Å². The fourth-order valence-corrected chi connectivity index (χ4v) is 1.65. The van der Waals surface area contributed by atoms with Gasteiger partial charge in [0, 0.05) is 18.7 Å². The standard InChI is InChI=1S/C12H12F3N3/c1-18-11(16)6-10(17-18)9-4-2-8(3-5-9)7-12(13,14)15/h2-6H,7,16H2,1H3. The zero-order valence-corrected chi connectivity index (χ0v) is 9.70. The summed E-state index contributed by atoms with van der Waals surface area (Å²) >= 11 is 0. The van der Waals surface area contributed by atoms with Crippen LogP contribution in [0, 0.1) is 0 Å². The fourth-order valence-electron chi connectivity index (χ4n) is 1.65. The third-order valence-electron chi connectivity index (χ3n) is 2.57. The minimum atomic E-state index is -4.18. The molecular formula is C12H12F3N3. The summed E-state index contributed by atoms with van der Waals surface area (Å²) in [6.07, 6.45) is -5.10. The summed E-state index contributed by atoms with van der Waals surface area (Å²) in [7, 11) is 1.71. The molecule has 0 atom stereocenters. The van der Waals surface area contributed by atoms with Crippen LogP contribution in [0.25, 0.3) is 11.3 Å². The van der Waals surface area contributed by atoms with E-state index >= 15 is 0 Å². The maximum atomic E-state index is 12.2. The number of rotatable bonds is 2. The van der Waals surface area contributed by atoms with E-state index in [-0.39, 0.29) is 5.56 Å². The average Bonchev–Trinajstić information content (AvgIpc) is 2.58. The van der Waals surface area contributed by atoms with Gasteiger partial charge in [-0.3, -0.25) is 4.68 Å². The summed E-state index contributed by atoms with van der Waals surface area (Å²) in [6, 6.07) is 7.81. The van der Waals surface area contributed by atoms with E-state index in [4.69, 9.17) is 5.73 Å². The number of nitrogen functional groups attached to an aromatic ring is 1. The van der Waals surface area contributed by atoms with E-state index in [9.17, 15) is 13.2 Å². The lowest BCUT2D eigenvalue weighted by atomic mass is 10.1. The van der Waals surface area contributed by atoms with Crippen LogP contribution in [-0.2, 0) is 13.5 Å². The minimum Gasteiger partial charge on any atom is -0.384 e. The van der Waals surface area contributed by atoms with Gasteiger partial charge in [-0.2, -0.15) is 18.3 Å². The van der Waals surface area contributed by atoms with Gasteiger partial charge in [0.2, 0.25) is 0 Å². The highest BCUT2D eigenvalue weighted by atomic mass is 19.4. The molecule has 1 aromatic heterocycles. The van der Waals surface area contributed by atoms with Gasteiger partial charge < -0.3 is 5.73 Å². The smallest absolute Gasteiger partial charge is 0.384 e. The van der Waals surface area contributed by atoms with E-state index in [1.807, 2.05) is 0 Å². The first kappa shape index (κ1) is 12.5. The van der Waals surface area contributed by atoms with Crippen LogP contribution < -0.4 is 5.73 Å². The summed E-state index contributed by atoms with van der Waals surface area (Å²) in [5, 5.41) is 4.15. The van der Waals surface area contributed by atoms with Gasteiger partial charge >= 0.3 is 6.18 Å². The first-order valence-electron chi connectivity index (χ1n) is 5.31. The molecule has 0 amide bonds. The highest BCUT2D eigenvalue weighted by Gasteiger charge is 2.27. The van der Waals surface area contributed by atoms with Crippen LogP contribution in [0.1, 0.15) is 5.56 Å². The molecule has 0 fully saturated rings. The van der Waals surface area contributed by atoms with Crippen molar-refractivity contribution >= 4 is 5.82 Å². The van der Waals surface area contributed by atoms with Gasteiger partial charge in [-0.25, -0.2) is 0 Å². The van der Waals surface area contributed by atoms with Gasteiger partial charge in [0.05, 0.1) is 12.1 Å². The molecule has 0 saturated carbocycles. The summed E-state index contributed by atoms with van der Waals surface area (Å²) in [6.45, 7) is 0. The Labute approximate surface area is 102 Å². The molecule has 0 bridgehead atoms. The third-order valence-corrected chi connectivity index (χ3v) is 2.57. The number of aryl methyl sites for hydroxylation is 1. The van der Waals surface area contributed by atoms with Gasteiger partial charge in [-0.05, 0) is 5.56 Å². The predicted octanol–water partition coefficient (Wildman–Crippen LogP) is 2.77. The molecule has 3 nitrogen and oxygen atoms in total. The lowest BCUT2D eigenvalue weighted by molar-refractivity contribution is -0.127. The second kappa shape index (κ2) is 4.36. The number of halogens is 3. The second-order valence-electron chi connectivity index (χ2n) is 4.07. The highest BCUT2D eigenvalue weighted by molar-refractivity contribution is 5.62. The van der Waals surface area contributed by atoms with Crippen LogP contribution in [-0.4, -0.2) is 16.0 Å². The first-order valence-corrected chi connectivity index (χ1v) is 5.31. The molecule has 1 aromatic carbocycles. The average molecular weight is 255 g/mol. The number of anilines is 1. The largest absolute Gasteiger partial charge is 0.393 e.